The zero-order chi connectivity index (χ0) is 13.7. The van der Waals surface area contributed by atoms with Crippen LogP contribution in [-0.4, -0.2) is 23.2 Å². The highest BCUT2D eigenvalue weighted by Gasteiger charge is 2.14. The van der Waals surface area contributed by atoms with Crippen molar-refractivity contribution in [1.82, 2.24) is 4.98 Å². The molecule has 0 unspecified atom stereocenters. The van der Waals surface area contributed by atoms with Crippen LogP contribution in [0.2, 0.25) is 0 Å². The standard InChI is InChI=1S/C14H13NO4/c1-18-11-7-8-12(15-13(11)14(16)17)19-9-10-5-3-2-4-6-10/h2-8H,9H2,1H3,(H,16,17). The number of carboxylic acid groups (broad SMARTS) is 1. The van der Waals surface area contributed by atoms with Crippen molar-refractivity contribution in [3.05, 3.63) is 53.7 Å². The minimum atomic E-state index is -1.15. The molecule has 2 aromatic rings. The number of benzene rings is 1. The predicted molar refractivity (Wildman–Crippen MR) is 68.5 cm³/mol. The van der Waals surface area contributed by atoms with E-state index < -0.39 is 5.97 Å². The molecule has 1 heterocycles. The number of carbonyl (C=O) groups is 1. The fourth-order valence-electron chi connectivity index (χ4n) is 1.56. The van der Waals surface area contributed by atoms with Gasteiger partial charge in [0.1, 0.15) is 6.61 Å². The third kappa shape index (κ3) is 3.22. The van der Waals surface area contributed by atoms with E-state index in [0.717, 1.165) is 5.56 Å². The van der Waals surface area contributed by atoms with Gasteiger partial charge in [-0.3, -0.25) is 0 Å². The van der Waals surface area contributed by atoms with Gasteiger partial charge in [-0.15, -0.1) is 0 Å². The van der Waals surface area contributed by atoms with Crippen molar-refractivity contribution in [3.8, 4) is 11.6 Å². The highest BCUT2D eigenvalue weighted by molar-refractivity contribution is 5.88. The molecule has 0 aliphatic carbocycles. The Kier molecular flexibility index (Phi) is 3.97. The lowest BCUT2D eigenvalue weighted by molar-refractivity contribution is 0.0685. The number of hydrogen-bond acceptors (Lipinski definition) is 4. The maximum Gasteiger partial charge on any atom is 0.358 e. The summed E-state index contributed by atoms with van der Waals surface area (Å²) in [5.74, 6) is -0.691. The van der Waals surface area contributed by atoms with Gasteiger partial charge in [0, 0.05) is 6.07 Å². The number of hydrogen-bond donors (Lipinski definition) is 1. The normalized spacial score (nSPS) is 9.95. The van der Waals surface area contributed by atoms with E-state index in [4.69, 9.17) is 14.6 Å². The third-order valence-corrected chi connectivity index (χ3v) is 2.48. The second-order valence-electron chi connectivity index (χ2n) is 3.78. The number of aromatic nitrogens is 1. The fourth-order valence-corrected chi connectivity index (χ4v) is 1.56. The van der Waals surface area contributed by atoms with Crippen LogP contribution in [0.15, 0.2) is 42.5 Å². The Balaban J connectivity index is 2.13. The Hall–Kier alpha value is -2.56. The number of rotatable bonds is 5. The second kappa shape index (κ2) is 5.86. The van der Waals surface area contributed by atoms with Crippen LogP contribution in [0.5, 0.6) is 11.6 Å². The van der Waals surface area contributed by atoms with Crippen LogP contribution in [0.1, 0.15) is 16.1 Å². The Morgan fingerprint density at radius 2 is 1.95 bits per heavy atom. The van der Waals surface area contributed by atoms with Crippen molar-refractivity contribution in [2.45, 2.75) is 6.61 Å². The van der Waals surface area contributed by atoms with E-state index in [1.807, 2.05) is 30.3 Å². The molecule has 1 aromatic heterocycles. The summed E-state index contributed by atoms with van der Waals surface area (Å²) in [6.45, 7) is 0.333. The van der Waals surface area contributed by atoms with Gasteiger partial charge < -0.3 is 14.6 Å². The molecule has 0 saturated heterocycles. The summed E-state index contributed by atoms with van der Waals surface area (Å²) in [5, 5.41) is 9.01. The van der Waals surface area contributed by atoms with Crippen LogP contribution < -0.4 is 9.47 Å². The summed E-state index contributed by atoms with van der Waals surface area (Å²) in [7, 11) is 1.40. The summed E-state index contributed by atoms with van der Waals surface area (Å²) in [6.07, 6.45) is 0. The highest BCUT2D eigenvalue weighted by Crippen LogP contribution is 2.20. The number of methoxy groups -OCH3 is 1. The topological polar surface area (TPSA) is 68.7 Å². The lowest BCUT2D eigenvalue weighted by atomic mass is 10.2. The first kappa shape index (κ1) is 12.9. The molecule has 0 fully saturated rings. The molecule has 1 N–H and O–H groups in total. The van der Waals surface area contributed by atoms with Gasteiger partial charge in [-0.2, -0.15) is 0 Å². The first-order valence-corrected chi connectivity index (χ1v) is 5.66. The molecule has 0 atom stereocenters. The SMILES string of the molecule is COc1ccc(OCc2ccccc2)nc1C(=O)O. The predicted octanol–water partition coefficient (Wildman–Crippen LogP) is 2.37. The van der Waals surface area contributed by atoms with Gasteiger partial charge in [-0.05, 0) is 11.6 Å². The van der Waals surface area contributed by atoms with Crippen molar-refractivity contribution >= 4 is 5.97 Å². The summed E-state index contributed by atoms with van der Waals surface area (Å²) >= 11 is 0. The quantitative estimate of drug-likeness (QED) is 0.892. The largest absolute Gasteiger partial charge is 0.494 e. The molecule has 5 heteroatoms. The summed E-state index contributed by atoms with van der Waals surface area (Å²) in [6, 6.07) is 12.7. The Labute approximate surface area is 110 Å². The van der Waals surface area contributed by atoms with E-state index in [9.17, 15) is 4.79 Å². The molecule has 0 aliphatic heterocycles. The number of ether oxygens (including phenoxy) is 2. The smallest absolute Gasteiger partial charge is 0.358 e. The van der Waals surface area contributed by atoms with E-state index >= 15 is 0 Å². The maximum atomic E-state index is 11.0. The molecule has 0 aliphatic rings. The van der Waals surface area contributed by atoms with Crippen LogP contribution in [0.3, 0.4) is 0 Å². The van der Waals surface area contributed by atoms with Crippen molar-refractivity contribution < 1.29 is 19.4 Å². The Morgan fingerprint density at radius 1 is 1.21 bits per heavy atom. The molecule has 0 radical (unpaired) electrons. The molecule has 2 rings (SSSR count). The number of pyridine rings is 1. The van der Waals surface area contributed by atoms with Crippen molar-refractivity contribution in [3.63, 3.8) is 0 Å². The molecule has 0 amide bonds. The van der Waals surface area contributed by atoms with Gasteiger partial charge in [0.25, 0.3) is 0 Å². The third-order valence-electron chi connectivity index (χ3n) is 2.48. The zero-order valence-electron chi connectivity index (χ0n) is 10.4. The molecule has 0 bridgehead atoms. The van der Waals surface area contributed by atoms with Crippen LogP contribution in [0.4, 0.5) is 0 Å². The van der Waals surface area contributed by atoms with Gasteiger partial charge >= 0.3 is 5.97 Å². The van der Waals surface area contributed by atoms with E-state index in [2.05, 4.69) is 4.98 Å². The molecule has 1 aromatic carbocycles. The van der Waals surface area contributed by atoms with E-state index in [0.29, 0.717) is 6.61 Å². The zero-order valence-corrected chi connectivity index (χ0v) is 10.4. The Bertz CT molecular complexity index is 569. The van der Waals surface area contributed by atoms with E-state index in [1.54, 1.807) is 6.07 Å². The van der Waals surface area contributed by atoms with Gasteiger partial charge in [0.2, 0.25) is 5.88 Å². The van der Waals surface area contributed by atoms with Gasteiger partial charge in [-0.25, -0.2) is 9.78 Å². The van der Waals surface area contributed by atoms with Crippen molar-refractivity contribution in [2.24, 2.45) is 0 Å². The lowest BCUT2D eigenvalue weighted by Gasteiger charge is -2.08. The molecule has 0 saturated carbocycles. The number of aromatic carboxylic acids is 1. The summed E-state index contributed by atoms with van der Waals surface area (Å²) in [4.78, 5) is 14.9. The van der Waals surface area contributed by atoms with Crippen LogP contribution in [0.25, 0.3) is 0 Å². The molecular weight excluding hydrogens is 246 g/mol. The van der Waals surface area contributed by atoms with Gasteiger partial charge in [0.15, 0.2) is 11.4 Å². The van der Waals surface area contributed by atoms with Crippen molar-refractivity contribution in [2.75, 3.05) is 7.11 Å². The molecule has 0 spiro atoms. The van der Waals surface area contributed by atoms with Crippen LogP contribution >= 0.6 is 0 Å². The lowest BCUT2D eigenvalue weighted by Crippen LogP contribution is -2.06. The highest BCUT2D eigenvalue weighted by atomic mass is 16.5. The number of carboxylic acids is 1. The summed E-state index contributed by atoms with van der Waals surface area (Å²) < 4.78 is 10.4. The first-order valence-electron chi connectivity index (χ1n) is 5.66. The van der Waals surface area contributed by atoms with Gasteiger partial charge in [0.05, 0.1) is 7.11 Å². The number of nitrogens with zero attached hydrogens (tertiary/aromatic N) is 1. The summed E-state index contributed by atoms with van der Waals surface area (Å²) in [5.41, 5.74) is 0.824. The van der Waals surface area contributed by atoms with Crippen molar-refractivity contribution in [1.29, 1.82) is 0 Å². The average Bonchev–Trinajstić information content (AvgIpc) is 2.46. The van der Waals surface area contributed by atoms with E-state index in [1.165, 1.54) is 13.2 Å². The minimum absolute atomic E-state index is 0.159. The monoisotopic (exact) mass is 259 g/mol. The second-order valence-corrected chi connectivity index (χ2v) is 3.78. The van der Waals surface area contributed by atoms with E-state index in [-0.39, 0.29) is 17.3 Å². The molecule has 19 heavy (non-hydrogen) atoms. The molecule has 98 valence electrons. The average molecular weight is 259 g/mol. The molecular formula is C14H13NO4. The van der Waals surface area contributed by atoms with Gasteiger partial charge in [-0.1, -0.05) is 30.3 Å². The van der Waals surface area contributed by atoms with Crippen LogP contribution in [-0.2, 0) is 6.61 Å². The fraction of sp³-hybridized carbons (Fsp3) is 0.143. The first-order chi connectivity index (χ1) is 9.20. The molecule has 5 nitrogen and oxygen atoms in total. The maximum absolute atomic E-state index is 11.0. The van der Waals surface area contributed by atoms with Crippen LogP contribution in [0, 0.1) is 0 Å². The Morgan fingerprint density at radius 3 is 2.58 bits per heavy atom. The minimum Gasteiger partial charge on any atom is -0.494 e.